The van der Waals surface area contributed by atoms with Crippen LogP contribution in [0.1, 0.15) is 52.7 Å². The zero-order valence-corrected chi connectivity index (χ0v) is 29.2. The fraction of sp³-hybridized carbons (Fsp3) is 0.324. The van der Waals surface area contributed by atoms with Crippen molar-refractivity contribution < 1.29 is 31.5 Å². The van der Waals surface area contributed by atoms with Gasteiger partial charge in [0.1, 0.15) is 24.0 Å². The van der Waals surface area contributed by atoms with Crippen molar-refractivity contribution in [3.05, 3.63) is 94.8 Å². The van der Waals surface area contributed by atoms with Crippen LogP contribution in [0.3, 0.4) is 0 Å². The molecule has 1 atom stereocenters. The first-order chi connectivity index (χ1) is 22.0. The highest BCUT2D eigenvalue weighted by molar-refractivity contribution is 7.92. The van der Waals surface area contributed by atoms with E-state index in [0.717, 1.165) is 18.4 Å². The fourth-order valence-electron chi connectivity index (χ4n) is 4.20. The quantitative estimate of drug-likeness (QED) is 0.177. The molecule has 0 spiro atoms. The van der Waals surface area contributed by atoms with Crippen molar-refractivity contribution in [2.24, 2.45) is 0 Å². The number of allylic oxidation sites excluding steroid dienone is 1. The number of benzene rings is 3. The second-order valence-electron chi connectivity index (χ2n) is 9.07. The van der Waals surface area contributed by atoms with E-state index in [2.05, 4.69) is 17.2 Å². The van der Waals surface area contributed by atoms with Gasteiger partial charge in [-0.05, 0) is 61.4 Å². The highest BCUT2D eigenvalue weighted by Crippen LogP contribution is 2.39. The maximum absolute atomic E-state index is 14.5. The second kappa shape index (κ2) is 19.4. The van der Waals surface area contributed by atoms with Gasteiger partial charge in [-0.1, -0.05) is 64.1 Å². The molecule has 1 aliphatic rings. The molecular formula is C34H44ClF2N3O5S. The zero-order valence-electron chi connectivity index (χ0n) is 27.6. The van der Waals surface area contributed by atoms with Gasteiger partial charge < -0.3 is 24.9 Å². The summed E-state index contributed by atoms with van der Waals surface area (Å²) < 4.78 is 68.6. The minimum absolute atomic E-state index is 0.0374. The van der Waals surface area contributed by atoms with Crippen LogP contribution in [0.4, 0.5) is 14.5 Å². The van der Waals surface area contributed by atoms with Gasteiger partial charge in [0.05, 0.1) is 41.6 Å². The molecule has 1 heterocycles. The molecule has 0 aromatic heterocycles. The van der Waals surface area contributed by atoms with E-state index in [-0.39, 0.29) is 40.0 Å². The molecule has 2 N–H and O–H groups in total. The minimum atomic E-state index is -4.17. The SMILES string of the molecule is C=C(NC)NC[C@H]1CN(S(=O)(=O)c2ccc(F)c(OC)c2)c2cc(/C=C(\C)c3c(F)cccc3Cl)ccc2O1.CC.CC.CC=O. The Bertz CT molecular complexity index is 1580. The van der Waals surface area contributed by atoms with Gasteiger partial charge in [-0.2, -0.15) is 0 Å². The van der Waals surface area contributed by atoms with E-state index in [0.29, 0.717) is 22.7 Å². The van der Waals surface area contributed by atoms with Gasteiger partial charge in [0.25, 0.3) is 10.0 Å². The summed E-state index contributed by atoms with van der Waals surface area (Å²) in [6.45, 7) is 15.2. The number of methoxy groups -OCH3 is 1. The van der Waals surface area contributed by atoms with Crippen molar-refractivity contribution >= 4 is 45.2 Å². The number of aldehydes is 1. The zero-order chi connectivity index (χ0) is 35.0. The van der Waals surface area contributed by atoms with Crippen molar-refractivity contribution in [2.75, 3.05) is 31.6 Å². The van der Waals surface area contributed by atoms with Crippen molar-refractivity contribution in [1.29, 1.82) is 0 Å². The Morgan fingerprint density at radius 1 is 1.11 bits per heavy atom. The first kappa shape index (κ1) is 39.9. The predicted molar refractivity (Wildman–Crippen MR) is 184 cm³/mol. The number of ether oxygens (including phenoxy) is 2. The lowest BCUT2D eigenvalue weighted by atomic mass is 10.0. The van der Waals surface area contributed by atoms with Crippen LogP contribution < -0.4 is 24.4 Å². The number of sulfonamides is 1. The molecule has 0 aliphatic carbocycles. The molecule has 0 saturated heterocycles. The number of nitrogens with one attached hydrogen (secondary N) is 2. The van der Waals surface area contributed by atoms with Crippen LogP contribution in [0.2, 0.25) is 5.02 Å². The minimum Gasteiger partial charge on any atom is -0.494 e. The van der Waals surface area contributed by atoms with Gasteiger partial charge in [-0.15, -0.1) is 0 Å². The number of carbonyl (C=O) groups is 1. The maximum atomic E-state index is 14.5. The van der Waals surface area contributed by atoms with Crippen LogP contribution in [0.5, 0.6) is 11.5 Å². The summed E-state index contributed by atoms with van der Waals surface area (Å²) >= 11 is 6.23. The van der Waals surface area contributed by atoms with Crippen LogP contribution in [-0.4, -0.2) is 48.1 Å². The van der Waals surface area contributed by atoms with Gasteiger partial charge >= 0.3 is 0 Å². The number of carbonyl (C=O) groups excluding carboxylic acids is 1. The Morgan fingerprint density at radius 3 is 2.35 bits per heavy atom. The number of rotatable bonds is 9. The Balaban J connectivity index is 0.00000140. The van der Waals surface area contributed by atoms with Crippen molar-refractivity contribution in [2.45, 2.75) is 52.5 Å². The monoisotopic (exact) mass is 679 g/mol. The Labute approximate surface area is 277 Å². The molecule has 46 heavy (non-hydrogen) atoms. The van der Waals surface area contributed by atoms with E-state index >= 15 is 0 Å². The van der Waals surface area contributed by atoms with Gasteiger partial charge in [-0.3, -0.25) is 4.31 Å². The average molecular weight is 680 g/mol. The summed E-state index contributed by atoms with van der Waals surface area (Å²) in [4.78, 5) is 8.66. The van der Waals surface area contributed by atoms with Crippen LogP contribution >= 0.6 is 11.6 Å². The molecule has 4 rings (SSSR count). The summed E-state index contributed by atoms with van der Waals surface area (Å²) in [5, 5.41) is 6.19. The highest BCUT2D eigenvalue weighted by atomic mass is 35.5. The lowest BCUT2D eigenvalue weighted by Gasteiger charge is -2.36. The normalized spacial score (nSPS) is 13.5. The fourth-order valence-corrected chi connectivity index (χ4v) is 6.03. The first-order valence-electron chi connectivity index (χ1n) is 14.8. The number of hydrogen-bond acceptors (Lipinski definition) is 7. The molecule has 0 bridgehead atoms. The summed E-state index contributed by atoms with van der Waals surface area (Å²) in [6, 6.07) is 12.9. The van der Waals surface area contributed by atoms with E-state index in [1.807, 2.05) is 27.7 Å². The van der Waals surface area contributed by atoms with Gasteiger partial charge in [0, 0.05) is 18.7 Å². The predicted octanol–water partition coefficient (Wildman–Crippen LogP) is 7.68. The molecular weight excluding hydrogens is 636 g/mol. The largest absolute Gasteiger partial charge is 0.494 e. The maximum Gasteiger partial charge on any atom is 0.264 e. The van der Waals surface area contributed by atoms with Crippen LogP contribution in [0.25, 0.3) is 11.6 Å². The number of fused-ring (bicyclic) bond motifs is 1. The molecule has 3 aromatic carbocycles. The Kier molecular flexibility index (Phi) is 16.9. The smallest absolute Gasteiger partial charge is 0.264 e. The second-order valence-corrected chi connectivity index (χ2v) is 11.3. The van der Waals surface area contributed by atoms with Crippen LogP contribution in [0.15, 0.2) is 71.9 Å². The molecule has 0 amide bonds. The molecule has 252 valence electrons. The summed E-state index contributed by atoms with van der Waals surface area (Å²) in [6.07, 6.45) is 1.89. The molecule has 3 aromatic rings. The van der Waals surface area contributed by atoms with Crippen molar-refractivity contribution in [3.8, 4) is 11.5 Å². The molecule has 0 saturated carbocycles. The van der Waals surface area contributed by atoms with E-state index in [9.17, 15) is 17.2 Å². The summed E-state index contributed by atoms with van der Waals surface area (Å²) in [7, 11) is -1.21. The van der Waals surface area contributed by atoms with E-state index in [1.54, 1.807) is 44.3 Å². The standard InChI is InChI=1S/C28H28ClF2N3O4S.C2H4O.2C2H6/c1-17(28-22(29)6-5-7-24(28)31)12-19-8-11-26-25(13-19)34(16-20(38-26)15-33-18(2)32-3)39(35,36)21-9-10-23(30)27(14-21)37-4;1-2-3;2*1-2/h5-14,20,32-33H,2,15-16H2,1,3-4H3;2H,1H3;2*1-2H3/b17-12+;;;/t20-;;;/m0.../s1. The average Bonchev–Trinajstić information content (AvgIpc) is 3.05. The molecule has 0 radical (unpaired) electrons. The third-order valence-electron chi connectivity index (χ3n) is 6.21. The van der Waals surface area contributed by atoms with Gasteiger partial charge in [0.15, 0.2) is 11.6 Å². The summed E-state index contributed by atoms with van der Waals surface area (Å²) in [5.74, 6) is -0.460. The molecule has 0 fully saturated rings. The molecule has 12 heteroatoms. The van der Waals surface area contributed by atoms with Crippen molar-refractivity contribution in [1.82, 2.24) is 10.6 Å². The lowest BCUT2D eigenvalue weighted by Crippen LogP contribution is -2.48. The molecule has 1 aliphatic heterocycles. The van der Waals surface area contributed by atoms with E-state index in [4.69, 9.17) is 25.9 Å². The Morgan fingerprint density at radius 2 is 1.76 bits per heavy atom. The Hall–Kier alpha value is -4.09. The van der Waals surface area contributed by atoms with Crippen molar-refractivity contribution in [3.63, 3.8) is 0 Å². The third kappa shape index (κ3) is 10.2. The number of halogens is 3. The summed E-state index contributed by atoms with van der Waals surface area (Å²) in [5.41, 5.74) is 1.70. The highest BCUT2D eigenvalue weighted by Gasteiger charge is 2.35. The molecule has 8 nitrogen and oxygen atoms in total. The van der Waals surface area contributed by atoms with Gasteiger partial charge in [0.2, 0.25) is 0 Å². The van der Waals surface area contributed by atoms with E-state index < -0.39 is 27.8 Å². The molecule has 0 unspecified atom stereocenters. The third-order valence-corrected chi connectivity index (χ3v) is 8.30. The van der Waals surface area contributed by atoms with Gasteiger partial charge in [-0.25, -0.2) is 17.2 Å². The number of nitrogens with zero attached hydrogens (tertiary/aromatic N) is 1. The van der Waals surface area contributed by atoms with E-state index in [1.165, 1.54) is 36.5 Å². The lowest BCUT2D eigenvalue weighted by molar-refractivity contribution is -0.106. The van der Waals surface area contributed by atoms with Crippen LogP contribution in [-0.2, 0) is 14.8 Å². The number of anilines is 1. The topological polar surface area (TPSA) is 97.0 Å². The first-order valence-corrected chi connectivity index (χ1v) is 16.6. The number of hydrogen-bond donors (Lipinski definition) is 2. The van der Waals surface area contributed by atoms with Crippen LogP contribution in [0, 0.1) is 11.6 Å².